The molecule has 102 valence electrons. The lowest BCUT2D eigenvalue weighted by atomic mass is 10.2. The summed E-state index contributed by atoms with van der Waals surface area (Å²) >= 11 is 1.55. The van der Waals surface area contributed by atoms with Gasteiger partial charge in [0.25, 0.3) is 5.91 Å². The maximum absolute atomic E-state index is 11.7. The second-order valence-corrected chi connectivity index (χ2v) is 6.25. The molecule has 0 saturated heterocycles. The monoisotopic (exact) mass is 298 g/mol. The van der Waals surface area contributed by atoms with Gasteiger partial charge in [0.15, 0.2) is 0 Å². The van der Waals surface area contributed by atoms with Gasteiger partial charge in [-0.1, -0.05) is 5.92 Å². The first-order chi connectivity index (χ1) is 8.95. The highest BCUT2D eigenvalue weighted by atomic mass is 32.2. The lowest BCUT2D eigenvalue weighted by molar-refractivity contribution is 0.0956. The van der Waals surface area contributed by atoms with Gasteiger partial charge in [0.05, 0.1) is 10.6 Å². The van der Waals surface area contributed by atoms with Crippen LogP contribution in [0.5, 0.6) is 0 Å². The van der Waals surface area contributed by atoms with Gasteiger partial charge in [-0.25, -0.2) is 13.6 Å². The van der Waals surface area contributed by atoms with Crippen molar-refractivity contribution in [3.63, 3.8) is 0 Å². The number of amides is 1. The van der Waals surface area contributed by atoms with Crippen LogP contribution in [-0.2, 0) is 10.0 Å². The molecule has 1 aromatic carbocycles. The van der Waals surface area contributed by atoms with E-state index < -0.39 is 10.0 Å². The summed E-state index contributed by atoms with van der Waals surface area (Å²) in [5.74, 6) is 3.57. The molecule has 1 rings (SSSR count). The second-order valence-electron chi connectivity index (χ2n) is 3.58. The fourth-order valence-electron chi connectivity index (χ4n) is 1.27. The molecule has 0 heterocycles. The van der Waals surface area contributed by atoms with E-state index in [1.807, 2.05) is 0 Å². The number of terminal acetylenes is 1. The maximum Gasteiger partial charge on any atom is 0.251 e. The number of benzene rings is 1. The third-order valence-electron chi connectivity index (χ3n) is 2.16. The van der Waals surface area contributed by atoms with Crippen LogP contribution in [0.1, 0.15) is 10.4 Å². The first-order valence-corrected chi connectivity index (χ1v) is 8.07. The summed E-state index contributed by atoms with van der Waals surface area (Å²) in [6, 6.07) is 5.45. The van der Waals surface area contributed by atoms with Crippen molar-refractivity contribution in [3.8, 4) is 12.3 Å². The Morgan fingerprint density at radius 2 is 2.00 bits per heavy atom. The SMILES string of the molecule is C#CCSCCNC(=O)c1ccc(S(N)(=O)=O)cc1. The number of hydrogen-bond acceptors (Lipinski definition) is 4. The van der Waals surface area contributed by atoms with Gasteiger partial charge < -0.3 is 5.32 Å². The zero-order valence-electron chi connectivity index (χ0n) is 10.1. The van der Waals surface area contributed by atoms with E-state index in [0.717, 1.165) is 5.75 Å². The van der Waals surface area contributed by atoms with Crippen LogP contribution in [0.25, 0.3) is 0 Å². The predicted octanol–water partition coefficient (Wildman–Crippen LogP) is 0.430. The molecule has 7 heteroatoms. The Kier molecular flexibility index (Phi) is 5.89. The summed E-state index contributed by atoms with van der Waals surface area (Å²) in [6.45, 7) is 0.502. The zero-order chi connectivity index (χ0) is 14.3. The van der Waals surface area contributed by atoms with Crippen molar-refractivity contribution in [3.05, 3.63) is 29.8 Å². The lowest BCUT2D eigenvalue weighted by Gasteiger charge is -2.05. The zero-order valence-corrected chi connectivity index (χ0v) is 11.8. The van der Waals surface area contributed by atoms with E-state index in [4.69, 9.17) is 11.6 Å². The van der Waals surface area contributed by atoms with Gasteiger partial charge >= 0.3 is 0 Å². The maximum atomic E-state index is 11.7. The Hall–Kier alpha value is -1.49. The topological polar surface area (TPSA) is 89.3 Å². The number of carbonyl (C=O) groups excluding carboxylic acids is 1. The van der Waals surface area contributed by atoms with Crippen LogP contribution in [0.3, 0.4) is 0 Å². The van der Waals surface area contributed by atoms with E-state index in [1.165, 1.54) is 24.3 Å². The Morgan fingerprint density at radius 1 is 1.37 bits per heavy atom. The average Bonchev–Trinajstić information content (AvgIpc) is 2.37. The van der Waals surface area contributed by atoms with Crippen molar-refractivity contribution in [2.75, 3.05) is 18.1 Å². The molecule has 1 aromatic rings. The van der Waals surface area contributed by atoms with Gasteiger partial charge in [0.1, 0.15) is 0 Å². The molecule has 0 atom stereocenters. The van der Waals surface area contributed by atoms with E-state index in [0.29, 0.717) is 17.9 Å². The Morgan fingerprint density at radius 3 is 2.53 bits per heavy atom. The number of nitrogens with one attached hydrogen (secondary N) is 1. The van der Waals surface area contributed by atoms with Crippen LogP contribution >= 0.6 is 11.8 Å². The van der Waals surface area contributed by atoms with Gasteiger partial charge in [0, 0.05) is 17.9 Å². The molecule has 1 amide bonds. The minimum absolute atomic E-state index is 0.0198. The summed E-state index contributed by atoms with van der Waals surface area (Å²) in [7, 11) is -3.73. The van der Waals surface area contributed by atoms with E-state index in [-0.39, 0.29) is 10.8 Å². The number of sulfonamides is 1. The molecular formula is C12H14N2O3S2. The summed E-state index contributed by atoms with van der Waals surface area (Å²) in [6.07, 6.45) is 5.09. The smallest absolute Gasteiger partial charge is 0.251 e. The molecule has 0 fully saturated rings. The van der Waals surface area contributed by atoms with Crippen molar-refractivity contribution in [2.45, 2.75) is 4.90 Å². The normalized spacial score (nSPS) is 10.7. The first-order valence-electron chi connectivity index (χ1n) is 5.37. The number of nitrogens with two attached hydrogens (primary N) is 1. The summed E-state index contributed by atoms with van der Waals surface area (Å²) in [5, 5.41) is 7.67. The van der Waals surface area contributed by atoms with Crippen molar-refractivity contribution >= 4 is 27.7 Å². The highest BCUT2D eigenvalue weighted by Crippen LogP contribution is 2.08. The Labute approximate surface area is 117 Å². The molecule has 0 aliphatic carbocycles. The van der Waals surface area contributed by atoms with Gasteiger partial charge in [-0.2, -0.15) is 0 Å². The Balaban J connectivity index is 2.52. The third-order valence-corrected chi connectivity index (χ3v) is 3.96. The molecule has 0 saturated carbocycles. The molecule has 0 aliphatic heterocycles. The fraction of sp³-hybridized carbons (Fsp3) is 0.250. The van der Waals surface area contributed by atoms with E-state index >= 15 is 0 Å². The van der Waals surface area contributed by atoms with Crippen molar-refractivity contribution < 1.29 is 13.2 Å². The van der Waals surface area contributed by atoms with Crippen molar-refractivity contribution in [1.82, 2.24) is 5.32 Å². The highest BCUT2D eigenvalue weighted by Gasteiger charge is 2.09. The number of rotatable bonds is 6. The molecule has 19 heavy (non-hydrogen) atoms. The van der Waals surface area contributed by atoms with Gasteiger partial charge in [-0.3, -0.25) is 4.79 Å². The molecule has 0 aromatic heterocycles. The third kappa shape index (κ3) is 5.34. The number of primary sulfonamides is 1. The largest absolute Gasteiger partial charge is 0.351 e. The molecule has 5 nitrogen and oxygen atoms in total. The van der Waals surface area contributed by atoms with Crippen LogP contribution in [0.2, 0.25) is 0 Å². The van der Waals surface area contributed by atoms with Crippen LogP contribution in [0.15, 0.2) is 29.2 Å². The van der Waals surface area contributed by atoms with E-state index in [1.54, 1.807) is 11.8 Å². The van der Waals surface area contributed by atoms with Crippen LogP contribution < -0.4 is 10.5 Å². The average molecular weight is 298 g/mol. The van der Waals surface area contributed by atoms with Crippen molar-refractivity contribution in [2.24, 2.45) is 5.14 Å². The van der Waals surface area contributed by atoms with Gasteiger partial charge in [0.2, 0.25) is 10.0 Å². The predicted molar refractivity (Wildman–Crippen MR) is 76.3 cm³/mol. The van der Waals surface area contributed by atoms with Crippen LogP contribution in [0.4, 0.5) is 0 Å². The second kappa shape index (κ2) is 7.19. The quantitative estimate of drug-likeness (QED) is 0.589. The first kappa shape index (κ1) is 15.6. The summed E-state index contributed by atoms with van der Waals surface area (Å²) in [5.41, 5.74) is 0.384. The van der Waals surface area contributed by atoms with Crippen molar-refractivity contribution in [1.29, 1.82) is 0 Å². The number of hydrogen-bond donors (Lipinski definition) is 2. The fourth-order valence-corrected chi connectivity index (χ4v) is 2.29. The summed E-state index contributed by atoms with van der Waals surface area (Å²) < 4.78 is 22.1. The molecule has 0 aliphatic rings. The van der Waals surface area contributed by atoms with E-state index in [2.05, 4.69) is 11.2 Å². The summed E-state index contributed by atoms with van der Waals surface area (Å²) in [4.78, 5) is 11.7. The molecule has 0 bridgehead atoms. The molecule has 0 unspecified atom stereocenters. The lowest BCUT2D eigenvalue weighted by Crippen LogP contribution is -2.25. The molecule has 3 N–H and O–H groups in total. The minimum atomic E-state index is -3.73. The van der Waals surface area contributed by atoms with Gasteiger partial charge in [-0.05, 0) is 24.3 Å². The minimum Gasteiger partial charge on any atom is -0.351 e. The van der Waals surface area contributed by atoms with Crippen LogP contribution in [0, 0.1) is 12.3 Å². The standard InChI is InChI=1S/C12H14N2O3S2/c1-2-8-18-9-7-14-12(15)10-3-5-11(6-4-10)19(13,16)17/h1,3-6H,7-9H2,(H,14,15)(H2,13,16,17). The van der Waals surface area contributed by atoms with E-state index in [9.17, 15) is 13.2 Å². The number of carbonyl (C=O) groups is 1. The molecule has 0 radical (unpaired) electrons. The number of thioether (sulfide) groups is 1. The van der Waals surface area contributed by atoms with Crippen LogP contribution in [-0.4, -0.2) is 32.4 Å². The molecule has 0 spiro atoms. The Bertz CT molecular complexity index is 574. The highest BCUT2D eigenvalue weighted by molar-refractivity contribution is 7.99. The van der Waals surface area contributed by atoms with Gasteiger partial charge in [-0.15, -0.1) is 18.2 Å². The molecular weight excluding hydrogens is 284 g/mol.